The number of likely N-dealkylation sites (tertiary alicyclic amines) is 1. The SMILES string of the molecule is CN1CCC(NCCNC(C)(C)C)C1. The van der Waals surface area contributed by atoms with Crippen LogP contribution in [0.4, 0.5) is 0 Å². The smallest absolute Gasteiger partial charge is 0.0207 e. The lowest BCUT2D eigenvalue weighted by atomic mass is 10.1. The van der Waals surface area contributed by atoms with Crippen LogP contribution in [-0.4, -0.2) is 49.7 Å². The zero-order chi connectivity index (χ0) is 10.6. The highest BCUT2D eigenvalue weighted by molar-refractivity contribution is 4.79. The summed E-state index contributed by atoms with van der Waals surface area (Å²) in [5, 5.41) is 7.06. The molecule has 3 nitrogen and oxygen atoms in total. The Kier molecular flexibility index (Phi) is 4.35. The number of nitrogens with one attached hydrogen (secondary N) is 2. The van der Waals surface area contributed by atoms with E-state index in [1.54, 1.807) is 0 Å². The van der Waals surface area contributed by atoms with Crippen molar-refractivity contribution in [3.8, 4) is 0 Å². The van der Waals surface area contributed by atoms with E-state index in [-0.39, 0.29) is 5.54 Å². The van der Waals surface area contributed by atoms with Crippen LogP contribution in [0.5, 0.6) is 0 Å². The van der Waals surface area contributed by atoms with Crippen molar-refractivity contribution in [2.75, 3.05) is 33.2 Å². The molecule has 1 rings (SSSR count). The van der Waals surface area contributed by atoms with Gasteiger partial charge in [-0.3, -0.25) is 0 Å². The summed E-state index contributed by atoms with van der Waals surface area (Å²) in [6.45, 7) is 11.2. The maximum absolute atomic E-state index is 3.58. The second kappa shape index (κ2) is 5.10. The van der Waals surface area contributed by atoms with Crippen LogP contribution in [0.25, 0.3) is 0 Å². The Morgan fingerprint density at radius 3 is 2.50 bits per heavy atom. The maximum Gasteiger partial charge on any atom is 0.0207 e. The van der Waals surface area contributed by atoms with Crippen molar-refractivity contribution in [2.45, 2.75) is 38.8 Å². The fourth-order valence-electron chi connectivity index (χ4n) is 1.82. The fourth-order valence-corrected chi connectivity index (χ4v) is 1.82. The number of hydrogen-bond acceptors (Lipinski definition) is 3. The van der Waals surface area contributed by atoms with Crippen LogP contribution in [0.1, 0.15) is 27.2 Å². The minimum Gasteiger partial charge on any atom is -0.311 e. The average molecular weight is 199 g/mol. The molecule has 1 saturated heterocycles. The lowest BCUT2D eigenvalue weighted by Crippen LogP contribution is -2.42. The van der Waals surface area contributed by atoms with Crippen molar-refractivity contribution in [3.05, 3.63) is 0 Å². The fraction of sp³-hybridized carbons (Fsp3) is 1.00. The summed E-state index contributed by atoms with van der Waals surface area (Å²) >= 11 is 0. The van der Waals surface area contributed by atoms with E-state index in [0.29, 0.717) is 6.04 Å². The molecule has 1 atom stereocenters. The van der Waals surface area contributed by atoms with Crippen LogP contribution < -0.4 is 10.6 Å². The Hall–Kier alpha value is -0.120. The van der Waals surface area contributed by atoms with E-state index < -0.39 is 0 Å². The summed E-state index contributed by atoms with van der Waals surface area (Å²) in [4.78, 5) is 2.38. The highest BCUT2D eigenvalue weighted by Gasteiger charge is 2.18. The first kappa shape index (κ1) is 12.0. The van der Waals surface area contributed by atoms with Gasteiger partial charge in [0.25, 0.3) is 0 Å². The van der Waals surface area contributed by atoms with Gasteiger partial charge in [-0.2, -0.15) is 0 Å². The largest absolute Gasteiger partial charge is 0.311 e. The molecule has 0 aromatic carbocycles. The van der Waals surface area contributed by atoms with E-state index in [4.69, 9.17) is 0 Å². The maximum atomic E-state index is 3.58. The zero-order valence-electron chi connectivity index (χ0n) is 10.1. The third-order valence-corrected chi connectivity index (χ3v) is 2.60. The van der Waals surface area contributed by atoms with Crippen LogP contribution in [0.2, 0.25) is 0 Å². The Morgan fingerprint density at radius 1 is 1.29 bits per heavy atom. The van der Waals surface area contributed by atoms with Gasteiger partial charge < -0.3 is 15.5 Å². The molecule has 0 aromatic heterocycles. The van der Waals surface area contributed by atoms with E-state index in [9.17, 15) is 0 Å². The molecule has 1 aliphatic rings. The molecule has 0 radical (unpaired) electrons. The lowest BCUT2D eigenvalue weighted by molar-refractivity contribution is 0.386. The molecule has 0 bridgehead atoms. The second-order valence-corrected chi connectivity index (χ2v) is 5.38. The van der Waals surface area contributed by atoms with Crippen molar-refractivity contribution in [1.29, 1.82) is 0 Å². The number of hydrogen-bond donors (Lipinski definition) is 2. The highest BCUT2D eigenvalue weighted by atomic mass is 15.2. The van der Waals surface area contributed by atoms with Gasteiger partial charge in [-0.1, -0.05) is 0 Å². The predicted molar refractivity (Wildman–Crippen MR) is 61.7 cm³/mol. The average Bonchev–Trinajstić information content (AvgIpc) is 2.44. The molecule has 14 heavy (non-hydrogen) atoms. The Bertz CT molecular complexity index is 162. The third kappa shape index (κ3) is 4.94. The van der Waals surface area contributed by atoms with Crippen LogP contribution in [-0.2, 0) is 0 Å². The third-order valence-electron chi connectivity index (χ3n) is 2.60. The van der Waals surface area contributed by atoms with Crippen LogP contribution in [0.15, 0.2) is 0 Å². The Morgan fingerprint density at radius 2 is 2.00 bits per heavy atom. The first-order valence-corrected chi connectivity index (χ1v) is 5.64. The summed E-state index contributed by atoms with van der Waals surface area (Å²) in [6.07, 6.45) is 1.30. The van der Waals surface area contributed by atoms with Gasteiger partial charge in [0.15, 0.2) is 0 Å². The van der Waals surface area contributed by atoms with E-state index in [1.165, 1.54) is 19.5 Å². The molecule has 0 saturated carbocycles. The number of likely N-dealkylation sites (N-methyl/N-ethyl adjacent to an activating group) is 1. The van der Waals surface area contributed by atoms with Crippen molar-refractivity contribution < 1.29 is 0 Å². The first-order valence-electron chi connectivity index (χ1n) is 5.64. The van der Waals surface area contributed by atoms with Gasteiger partial charge in [0.2, 0.25) is 0 Å². The van der Waals surface area contributed by atoms with E-state index in [0.717, 1.165) is 13.1 Å². The highest BCUT2D eigenvalue weighted by Crippen LogP contribution is 2.05. The molecule has 1 heterocycles. The minimum absolute atomic E-state index is 0.244. The van der Waals surface area contributed by atoms with Crippen molar-refractivity contribution in [3.63, 3.8) is 0 Å². The summed E-state index contributed by atoms with van der Waals surface area (Å²) in [6, 6.07) is 0.710. The van der Waals surface area contributed by atoms with E-state index >= 15 is 0 Å². The van der Waals surface area contributed by atoms with Crippen molar-refractivity contribution >= 4 is 0 Å². The molecule has 2 N–H and O–H groups in total. The minimum atomic E-state index is 0.244. The summed E-state index contributed by atoms with van der Waals surface area (Å²) in [7, 11) is 2.19. The molecule has 0 aromatic rings. The standard InChI is InChI=1S/C11H25N3/c1-11(2,3)13-7-6-12-10-5-8-14(4)9-10/h10,12-13H,5-9H2,1-4H3. The summed E-state index contributed by atoms with van der Waals surface area (Å²) < 4.78 is 0. The summed E-state index contributed by atoms with van der Waals surface area (Å²) in [5.74, 6) is 0. The van der Waals surface area contributed by atoms with Crippen molar-refractivity contribution in [1.82, 2.24) is 15.5 Å². The topological polar surface area (TPSA) is 27.3 Å². The molecule has 3 heteroatoms. The molecule has 84 valence electrons. The predicted octanol–water partition coefficient (Wildman–Crippen LogP) is 0.668. The zero-order valence-corrected chi connectivity index (χ0v) is 10.1. The van der Waals surface area contributed by atoms with Gasteiger partial charge in [0, 0.05) is 31.2 Å². The van der Waals surface area contributed by atoms with Gasteiger partial charge in [-0.15, -0.1) is 0 Å². The van der Waals surface area contributed by atoms with Crippen molar-refractivity contribution in [2.24, 2.45) is 0 Å². The molecular weight excluding hydrogens is 174 g/mol. The molecule has 0 amide bonds. The lowest BCUT2D eigenvalue weighted by Gasteiger charge is -2.21. The summed E-state index contributed by atoms with van der Waals surface area (Å²) in [5.41, 5.74) is 0.244. The van der Waals surface area contributed by atoms with Gasteiger partial charge in [-0.25, -0.2) is 0 Å². The van der Waals surface area contributed by atoms with E-state index in [1.807, 2.05) is 0 Å². The molecule has 0 aliphatic carbocycles. The van der Waals surface area contributed by atoms with Crippen LogP contribution in [0.3, 0.4) is 0 Å². The molecule has 1 unspecified atom stereocenters. The quantitative estimate of drug-likeness (QED) is 0.652. The van der Waals surface area contributed by atoms with Crippen LogP contribution >= 0.6 is 0 Å². The molecule has 1 aliphatic heterocycles. The first-order chi connectivity index (χ1) is 6.47. The van der Waals surface area contributed by atoms with Crippen LogP contribution in [0, 0.1) is 0 Å². The monoisotopic (exact) mass is 199 g/mol. The van der Waals surface area contributed by atoms with E-state index in [2.05, 4.69) is 43.4 Å². The molecular formula is C11H25N3. The number of nitrogens with zero attached hydrogens (tertiary/aromatic N) is 1. The van der Waals surface area contributed by atoms with Gasteiger partial charge in [0.05, 0.1) is 0 Å². The number of rotatable bonds is 4. The Labute approximate surface area is 88.2 Å². The van der Waals surface area contributed by atoms with Gasteiger partial charge in [-0.05, 0) is 40.8 Å². The second-order valence-electron chi connectivity index (χ2n) is 5.38. The molecule has 1 fully saturated rings. The normalized spacial score (nSPS) is 24.4. The molecule has 0 spiro atoms. The van der Waals surface area contributed by atoms with Gasteiger partial charge in [0.1, 0.15) is 0 Å². The Balaban J connectivity index is 1.99. The van der Waals surface area contributed by atoms with Gasteiger partial charge >= 0.3 is 0 Å².